The maximum atomic E-state index is 13.8. The van der Waals surface area contributed by atoms with Crippen molar-refractivity contribution in [3.8, 4) is 0 Å². The van der Waals surface area contributed by atoms with Gasteiger partial charge in [-0.3, -0.25) is 0 Å². The van der Waals surface area contributed by atoms with E-state index in [2.05, 4.69) is 15.2 Å². The minimum absolute atomic E-state index is 0.230. The van der Waals surface area contributed by atoms with Crippen molar-refractivity contribution in [3.05, 3.63) is 89.8 Å². The Labute approximate surface area is 174 Å². The Kier molecular flexibility index (Phi) is 5.62. The summed E-state index contributed by atoms with van der Waals surface area (Å²) in [6.07, 6.45) is 2.39. The van der Waals surface area contributed by atoms with Crippen molar-refractivity contribution in [2.24, 2.45) is 0 Å². The number of aryl methyl sites for hydroxylation is 1. The molecule has 0 spiro atoms. The zero-order valence-electron chi connectivity index (χ0n) is 16.1. The Morgan fingerprint density at radius 1 is 1.14 bits per heavy atom. The van der Waals surface area contributed by atoms with Gasteiger partial charge in [0.15, 0.2) is 5.11 Å². The van der Waals surface area contributed by atoms with Crippen LogP contribution in [0.2, 0.25) is 0 Å². The van der Waals surface area contributed by atoms with Gasteiger partial charge in [0.1, 0.15) is 11.6 Å². The van der Waals surface area contributed by atoms with Crippen LogP contribution in [-0.2, 0) is 13.0 Å². The molecule has 0 saturated carbocycles. The number of nitrogens with one attached hydrogen (secondary N) is 2. The molecule has 0 saturated heterocycles. The third kappa shape index (κ3) is 4.49. The molecule has 0 fully saturated rings. The predicted molar refractivity (Wildman–Crippen MR) is 118 cm³/mol. The van der Waals surface area contributed by atoms with Crippen LogP contribution < -0.4 is 5.32 Å². The Bertz CT molecular complexity index is 1110. The molecule has 0 aliphatic carbocycles. The lowest BCUT2D eigenvalue weighted by molar-refractivity contribution is 0.368. The lowest BCUT2D eigenvalue weighted by atomic mass is 10.1. The fourth-order valence-corrected chi connectivity index (χ4v) is 3.76. The van der Waals surface area contributed by atoms with E-state index in [-0.39, 0.29) is 5.82 Å². The number of aromatic nitrogens is 1. The Balaban J connectivity index is 1.54. The molecule has 2 heterocycles. The van der Waals surface area contributed by atoms with E-state index in [0.717, 1.165) is 40.0 Å². The van der Waals surface area contributed by atoms with Crippen LogP contribution in [0.5, 0.6) is 0 Å². The fourth-order valence-electron chi connectivity index (χ4n) is 3.49. The van der Waals surface area contributed by atoms with Gasteiger partial charge in [-0.25, -0.2) is 4.39 Å². The van der Waals surface area contributed by atoms with E-state index >= 15 is 0 Å². The summed E-state index contributed by atoms with van der Waals surface area (Å²) in [5.41, 5.74) is 4.03. The minimum atomic E-state index is -0.230. The molecule has 4 aromatic rings. The van der Waals surface area contributed by atoms with E-state index in [0.29, 0.717) is 18.2 Å². The van der Waals surface area contributed by atoms with Gasteiger partial charge in [0.25, 0.3) is 0 Å². The number of furan rings is 1. The number of thiocarbonyl (C=S) groups is 1. The summed E-state index contributed by atoms with van der Waals surface area (Å²) in [6.45, 7) is 3.25. The number of nitrogens with zero attached hydrogens (tertiary/aromatic N) is 1. The second kappa shape index (κ2) is 8.49. The standard InChI is InChI=1S/C23H22FN3OS/c1-16-20(21-14-17(24)9-10-22(21)25-16)11-12-27(15-19-8-5-13-28-19)23(29)26-18-6-3-2-4-7-18/h2-10,13-14,25H,11-12,15H2,1H3,(H,26,29). The van der Waals surface area contributed by atoms with Gasteiger partial charge in [0.05, 0.1) is 12.8 Å². The Morgan fingerprint density at radius 3 is 2.72 bits per heavy atom. The molecule has 0 unspecified atom stereocenters. The van der Waals surface area contributed by atoms with Crippen molar-refractivity contribution in [2.45, 2.75) is 19.9 Å². The third-order valence-electron chi connectivity index (χ3n) is 4.95. The van der Waals surface area contributed by atoms with Gasteiger partial charge in [0, 0.05) is 28.8 Å². The average Bonchev–Trinajstić information content (AvgIpc) is 3.33. The number of benzene rings is 2. The SMILES string of the molecule is Cc1[nH]c2ccc(F)cc2c1CCN(Cc1ccco1)C(=S)Nc1ccccc1. The molecule has 0 bridgehead atoms. The number of rotatable bonds is 6. The Hall–Kier alpha value is -3.12. The average molecular weight is 408 g/mol. The normalized spacial score (nSPS) is 11.0. The number of H-pyrrole nitrogens is 1. The van der Waals surface area contributed by atoms with Crippen molar-refractivity contribution in [1.29, 1.82) is 0 Å². The lowest BCUT2D eigenvalue weighted by Gasteiger charge is -2.25. The molecule has 4 rings (SSSR count). The first-order valence-corrected chi connectivity index (χ1v) is 9.91. The highest BCUT2D eigenvalue weighted by Gasteiger charge is 2.15. The first kappa shape index (κ1) is 19.2. The van der Waals surface area contributed by atoms with Crippen molar-refractivity contribution in [2.75, 3.05) is 11.9 Å². The molecule has 0 amide bonds. The van der Waals surface area contributed by atoms with Crippen LogP contribution in [0.1, 0.15) is 17.0 Å². The van der Waals surface area contributed by atoms with E-state index in [1.165, 1.54) is 6.07 Å². The monoisotopic (exact) mass is 407 g/mol. The zero-order valence-corrected chi connectivity index (χ0v) is 16.9. The highest BCUT2D eigenvalue weighted by molar-refractivity contribution is 7.80. The molecular weight excluding hydrogens is 385 g/mol. The van der Waals surface area contributed by atoms with Crippen LogP contribution in [0, 0.1) is 12.7 Å². The van der Waals surface area contributed by atoms with Gasteiger partial charge in [0.2, 0.25) is 0 Å². The van der Waals surface area contributed by atoms with E-state index in [1.54, 1.807) is 18.4 Å². The number of hydrogen-bond donors (Lipinski definition) is 2. The molecule has 4 nitrogen and oxygen atoms in total. The number of halogens is 1. The van der Waals surface area contributed by atoms with Gasteiger partial charge < -0.3 is 19.6 Å². The van der Waals surface area contributed by atoms with E-state index in [1.807, 2.05) is 49.4 Å². The summed E-state index contributed by atoms with van der Waals surface area (Å²) >= 11 is 5.68. The van der Waals surface area contributed by atoms with Crippen LogP contribution in [0.3, 0.4) is 0 Å². The maximum absolute atomic E-state index is 13.8. The molecule has 0 aliphatic rings. The van der Waals surface area contributed by atoms with Gasteiger partial charge in [-0.05, 0) is 73.6 Å². The molecule has 6 heteroatoms. The number of aromatic amines is 1. The summed E-state index contributed by atoms with van der Waals surface area (Å²) in [4.78, 5) is 5.41. The molecule has 0 radical (unpaired) electrons. The van der Waals surface area contributed by atoms with Gasteiger partial charge >= 0.3 is 0 Å². The number of hydrogen-bond acceptors (Lipinski definition) is 2. The quantitative estimate of drug-likeness (QED) is 0.405. The molecule has 2 aromatic heterocycles. The summed E-state index contributed by atoms with van der Waals surface area (Å²) in [5, 5.41) is 4.83. The summed E-state index contributed by atoms with van der Waals surface area (Å²) in [6, 6.07) is 18.5. The first-order chi connectivity index (χ1) is 14.1. The maximum Gasteiger partial charge on any atom is 0.173 e. The van der Waals surface area contributed by atoms with Crippen LogP contribution in [0.4, 0.5) is 10.1 Å². The van der Waals surface area contributed by atoms with Gasteiger partial charge in [-0.15, -0.1) is 0 Å². The fraction of sp³-hybridized carbons (Fsp3) is 0.174. The van der Waals surface area contributed by atoms with Crippen molar-refractivity contribution < 1.29 is 8.81 Å². The number of para-hydroxylation sites is 1. The molecule has 0 aliphatic heterocycles. The van der Waals surface area contributed by atoms with Crippen LogP contribution in [0.25, 0.3) is 10.9 Å². The van der Waals surface area contributed by atoms with Crippen LogP contribution >= 0.6 is 12.2 Å². The highest BCUT2D eigenvalue weighted by Crippen LogP contribution is 2.24. The first-order valence-electron chi connectivity index (χ1n) is 9.50. The molecule has 2 N–H and O–H groups in total. The molecule has 2 aromatic carbocycles. The molecular formula is C23H22FN3OS. The smallest absolute Gasteiger partial charge is 0.173 e. The number of fused-ring (bicyclic) bond motifs is 1. The molecule has 0 atom stereocenters. The molecule has 148 valence electrons. The summed E-state index contributed by atoms with van der Waals surface area (Å²) in [7, 11) is 0. The van der Waals surface area contributed by atoms with Gasteiger partial charge in [-0.1, -0.05) is 18.2 Å². The summed E-state index contributed by atoms with van der Waals surface area (Å²) < 4.78 is 19.3. The van der Waals surface area contributed by atoms with E-state index < -0.39 is 0 Å². The second-order valence-corrected chi connectivity index (χ2v) is 7.35. The van der Waals surface area contributed by atoms with E-state index in [9.17, 15) is 4.39 Å². The molecule has 29 heavy (non-hydrogen) atoms. The van der Waals surface area contributed by atoms with Crippen molar-refractivity contribution in [3.63, 3.8) is 0 Å². The predicted octanol–water partition coefficient (Wildman–Crippen LogP) is 5.65. The summed E-state index contributed by atoms with van der Waals surface area (Å²) in [5.74, 6) is 0.607. The van der Waals surface area contributed by atoms with Gasteiger partial charge in [-0.2, -0.15) is 0 Å². The van der Waals surface area contributed by atoms with Crippen molar-refractivity contribution >= 4 is 33.9 Å². The van der Waals surface area contributed by atoms with E-state index in [4.69, 9.17) is 16.6 Å². The second-order valence-electron chi connectivity index (χ2n) is 6.97. The van der Waals surface area contributed by atoms with Crippen molar-refractivity contribution in [1.82, 2.24) is 9.88 Å². The zero-order chi connectivity index (χ0) is 20.2. The highest BCUT2D eigenvalue weighted by atomic mass is 32.1. The van der Waals surface area contributed by atoms with Crippen LogP contribution in [0.15, 0.2) is 71.3 Å². The van der Waals surface area contributed by atoms with Crippen LogP contribution in [-0.4, -0.2) is 21.5 Å². The minimum Gasteiger partial charge on any atom is -0.467 e. The number of anilines is 1. The Morgan fingerprint density at radius 2 is 1.97 bits per heavy atom. The lowest BCUT2D eigenvalue weighted by Crippen LogP contribution is -2.35. The topological polar surface area (TPSA) is 44.2 Å². The largest absolute Gasteiger partial charge is 0.467 e. The third-order valence-corrected chi connectivity index (χ3v) is 5.31.